The SMILES string of the molecule is O=C(Nc1ccc(F)cc1F)N1CCOC2(C1)CN(C(=O)Nc1ccc(F)cc1F)CCO2. The third-order valence-corrected chi connectivity index (χ3v) is 5.24. The maximum absolute atomic E-state index is 13.9. The van der Waals surface area contributed by atoms with Crippen molar-refractivity contribution >= 4 is 23.4 Å². The van der Waals surface area contributed by atoms with Crippen molar-refractivity contribution < 1.29 is 36.6 Å². The minimum atomic E-state index is -1.34. The van der Waals surface area contributed by atoms with Crippen LogP contribution in [-0.2, 0) is 9.47 Å². The van der Waals surface area contributed by atoms with Gasteiger partial charge in [0, 0.05) is 25.2 Å². The van der Waals surface area contributed by atoms with Gasteiger partial charge in [0.1, 0.15) is 23.3 Å². The average Bonchev–Trinajstić information content (AvgIpc) is 2.77. The minimum Gasteiger partial charge on any atom is -0.345 e. The molecule has 33 heavy (non-hydrogen) atoms. The van der Waals surface area contributed by atoms with Crippen LogP contribution in [-0.4, -0.2) is 67.0 Å². The van der Waals surface area contributed by atoms with Crippen LogP contribution in [0.25, 0.3) is 0 Å². The van der Waals surface area contributed by atoms with Crippen molar-refractivity contribution in [2.75, 3.05) is 50.0 Å². The molecule has 2 aliphatic heterocycles. The van der Waals surface area contributed by atoms with Crippen LogP contribution in [0.3, 0.4) is 0 Å². The fourth-order valence-corrected chi connectivity index (χ4v) is 3.61. The summed E-state index contributed by atoms with van der Waals surface area (Å²) in [5, 5.41) is 4.75. The molecular formula is C21H20F4N4O4. The highest BCUT2D eigenvalue weighted by molar-refractivity contribution is 5.90. The van der Waals surface area contributed by atoms with Gasteiger partial charge in [0.05, 0.1) is 37.7 Å². The van der Waals surface area contributed by atoms with Gasteiger partial charge in [-0.1, -0.05) is 0 Å². The lowest BCUT2D eigenvalue weighted by Crippen LogP contribution is -2.64. The van der Waals surface area contributed by atoms with E-state index in [1.165, 1.54) is 9.80 Å². The predicted octanol–water partition coefficient (Wildman–Crippen LogP) is 3.37. The molecule has 0 unspecified atom stereocenters. The summed E-state index contributed by atoms with van der Waals surface area (Å²) in [6.45, 7) is 0.370. The summed E-state index contributed by atoms with van der Waals surface area (Å²) in [7, 11) is 0. The van der Waals surface area contributed by atoms with Crippen molar-refractivity contribution in [1.82, 2.24) is 9.80 Å². The van der Waals surface area contributed by atoms with Crippen LogP contribution in [0.15, 0.2) is 36.4 Å². The Hall–Kier alpha value is -3.38. The lowest BCUT2D eigenvalue weighted by atomic mass is 10.1. The molecule has 4 rings (SSSR count). The third kappa shape index (κ3) is 5.17. The first-order valence-electron chi connectivity index (χ1n) is 10.0. The molecule has 2 N–H and O–H groups in total. The van der Waals surface area contributed by atoms with Crippen LogP contribution in [0.4, 0.5) is 38.5 Å². The Morgan fingerprint density at radius 2 is 1.18 bits per heavy atom. The molecule has 4 amide bonds. The largest absolute Gasteiger partial charge is 0.345 e. The van der Waals surface area contributed by atoms with Crippen molar-refractivity contribution in [3.05, 3.63) is 59.7 Å². The van der Waals surface area contributed by atoms with E-state index in [0.717, 1.165) is 24.3 Å². The van der Waals surface area contributed by atoms with Crippen molar-refractivity contribution in [2.24, 2.45) is 0 Å². The minimum absolute atomic E-state index is 0.0731. The predicted molar refractivity (Wildman–Crippen MR) is 109 cm³/mol. The molecule has 0 atom stereocenters. The van der Waals surface area contributed by atoms with Crippen LogP contribution < -0.4 is 10.6 Å². The van der Waals surface area contributed by atoms with E-state index in [4.69, 9.17) is 9.47 Å². The smallest absolute Gasteiger partial charge is 0.322 e. The number of hydrogen-bond acceptors (Lipinski definition) is 4. The Bertz CT molecular complexity index is 987. The first-order chi connectivity index (χ1) is 15.7. The standard InChI is InChI=1S/C21H20F4N4O4/c22-13-1-3-17(15(24)9-13)26-19(30)28-5-7-32-21(11-28)12-29(6-8-33-21)20(31)27-18-4-2-14(23)10-16(18)25/h1-4,9-10H,5-8,11-12H2,(H,26,30)(H,27,31). The average molecular weight is 468 g/mol. The Morgan fingerprint density at radius 3 is 1.58 bits per heavy atom. The highest BCUT2D eigenvalue weighted by atomic mass is 19.1. The molecule has 0 radical (unpaired) electrons. The van der Waals surface area contributed by atoms with Crippen LogP contribution in [0.5, 0.6) is 0 Å². The molecule has 2 aromatic carbocycles. The summed E-state index contributed by atoms with van der Waals surface area (Å²) in [4.78, 5) is 27.9. The molecule has 2 saturated heterocycles. The van der Waals surface area contributed by atoms with Gasteiger partial charge in [-0.05, 0) is 24.3 Å². The van der Waals surface area contributed by atoms with E-state index in [0.29, 0.717) is 12.1 Å². The molecule has 0 saturated carbocycles. The van der Waals surface area contributed by atoms with Gasteiger partial charge in [0.15, 0.2) is 0 Å². The molecule has 2 heterocycles. The molecule has 0 aliphatic carbocycles. The van der Waals surface area contributed by atoms with Crippen LogP contribution >= 0.6 is 0 Å². The number of rotatable bonds is 2. The first-order valence-corrected chi connectivity index (χ1v) is 10.0. The summed E-state index contributed by atoms with van der Waals surface area (Å²) < 4.78 is 65.4. The molecule has 2 fully saturated rings. The van der Waals surface area contributed by atoms with Gasteiger partial charge in [-0.2, -0.15) is 0 Å². The number of ether oxygens (including phenoxy) is 2. The first kappa shape index (κ1) is 22.8. The van der Waals surface area contributed by atoms with E-state index >= 15 is 0 Å². The highest BCUT2D eigenvalue weighted by Gasteiger charge is 2.44. The van der Waals surface area contributed by atoms with E-state index in [1.54, 1.807) is 0 Å². The van der Waals surface area contributed by atoms with Gasteiger partial charge in [0.25, 0.3) is 0 Å². The molecule has 2 aromatic rings. The number of amides is 4. The lowest BCUT2D eigenvalue weighted by molar-refractivity contribution is -0.281. The van der Waals surface area contributed by atoms with E-state index in [9.17, 15) is 27.2 Å². The summed E-state index contributed by atoms with van der Waals surface area (Å²) in [6, 6.07) is 4.26. The van der Waals surface area contributed by atoms with Crippen molar-refractivity contribution in [2.45, 2.75) is 5.79 Å². The van der Waals surface area contributed by atoms with Gasteiger partial charge in [-0.3, -0.25) is 0 Å². The number of benzene rings is 2. The van der Waals surface area contributed by atoms with E-state index < -0.39 is 41.1 Å². The number of nitrogens with one attached hydrogen (secondary N) is 2. The highest BCUT2D eigenvalue weighted by Crippen LogP contribution is 2.26. The van der Waals surface area contributed by atoms with Crippen molar-refractivity contribution in [1.29, 1.82) is 0 Å². The van der Waals surface area contributed by atoms with Crippen LogP contribution in [0, 0.1) is 23.3 Å². The van der Waals surface area contributed by atoms with Gasteiger partial charge in [-0.25, -0.2) is 27.2 Å². The molecule has 1 spiro atoms. The number of carbonyl (C=O) groups is 2. The molecular weight excluding hydrogens is 448 g/mol. The van der Waals surface area contributed by atoms with Gasteiger partial charge < -0.3 is 29.9 Å². The van der Waals surface area contributed by atoms with E-state index in [2.05, 4.69) is 10.6 Å². The molecule has 8 nitrogen and oxygen atoms in total. The summed E-state index contributed by atoms with van der Waals surface area (Å²) in [5.41, 5.74) is -0.373. The quantitative estimate of drug-likeness (QED) is 0.663. The monoisotopic (exact) mass is 468 g/mol. The Balaban J connectivity index is 1.41. The zero-order valence-corrected chi connectivity index (χ0v) is 17.2. The molecule has 176 valence electrons. The Kier molecular flexibility index (Phi) is 6.38. The van der Waals surface area contributed by atoms with Crippen LogP contribution in [0.2, 0.25) is 0 Å². The van der Waals surface area contributed by atoms with Crippen molar-refractivity contribution in [3.63, 3.8) is 0 Å². The lowest BCUT2D eigenvalue weighted by Gasteiger charge is -2.47. The third-order valence-electron chi connectivity index (χ3n) is 5.24. The molecule has 0 bridgehead atoms. The fourth-order valence-electron chi connectivity index (χ4n) is 3.61. The second-order valence-electron chi connectivity index (χ2n) is 7.56. The van der Waals surface area contributed by atoms with E-state index in [1.807, 2.05) is 0 Å². The Labute approximate surface area is 186 Å². The topological polar surface area (TPSA) is 83.1 Å². The number of hydrogen-bond donors (Lipinski definition) is 2. The van der Waals surface area contributed by atoms with Crippen molar-refractivity contribution in [3.8, 4) is 0 Å². The van der Waals surface area contributed by atoms with Crippen LogP contribution in [0.1, 0.15) is 0 Å². The summed E-state index contributed by atoms with van der Waals surface area (Å²) in [5.74, 6) is -4.73. The molecule has 12 heteroatoms. The fraction of sp³-hybridized carbons (Fsp3) is 0.333. The zero-order chi connectivity index (χ0) is 23.6. The zero-order valence-electron chi connectivity index (χ0n) is 17.2. The number of urea groups is 2. The van der Waals surface area contributed by atoms with Gasteiger partial charge in [-0.15, -0.1) is 0 Å². The number of carbonyl (C=O) groups excluding carboxylic acids is 2. The molecule has 0 aromatic heterocycles. The number of nitrogens with zero attached hydrogens (tertiary/aromatic N) is 2. The number of anilines is 2. The number of morpholine rings is 2. The summed E-state index contributed by atoms with van der Waals surface area (Å²) >= 11 is 0. The van der Waals surface area contributed by atoms with Gasteiger partial charge in [0.2, 0.25) is 5.79 Å². The Morgan fingerprint density at radius 1 is 0.758 bits per heavy atom. The number of halogens is 4. The molecule has 2 aliphatic rings. The summed E-state index contributed by atoms with van der Waals surface area (Å²) in [6.07, 6.45) is 0. The maximum atomic E-state index is 13.9. The van der Waals surface area contributed by atoms with E-state index in [-0.39, 0.29) is 50.8 Å². The second-order valence-corrected chi connectivity index (χ2v) is 7.56. The maximum Gasteiger partial charge on any atom is 0.322 e. The normalized spacial score (nSPS) is 17.7. The second kappa shape index (κ2) is 9.24. The van der Waals surface area contributed by atoms with Gasteiger partial charge >= 0.3 is 12.1 Å².